The average Bonchev–Trinajstić information content (AvgIpc) is 3.22. The van der Waals surface area contributed by atoms with Crippen molar-refractivity contribution in [2.45, 2.75) is 25.3 Å². The van der Waals surface area contributed by atoms with Crippen molar-refractivity contribution >= 4 is 17.3 Å². The van der Waals surface area contributed by atoms with Crippen molar-refractivity contribution in [3.05, 3.63) is 75.4 Å². The molecule has 2 aromatic rings. The Bertz CT molecular complexity index is 1000. The summed E-state index contributed by atoms with van der Waals surface area (Å²) in [4.78, 5) is 23.2. The third-order valence-electron chi connectivity index (χ3n) is 5.63. The molecule has 0 saturated carbocycles. The Morgan fingerprint density at radius 3 is 2.83 bits per heavy atom. The Morgan fingerprint density at radius 2 is 2.10 bits per heavy atom. The summed E-state index contributed by atoms with van der Waals surface area (Å²) in [5, 5.41) is 15.0. The number of hydrogen-bond acceptors (Lipinski definition) is 6. The van der Waals surface area contributed by atoms with E-state index in [9.17, 15) is 14.9 Å². The van der Waals surface area contributed by atoms with Crippen molar-refractivity contribution in [1.82, 2.24) is 0 Å². The standard InChI is InChI=1S/C22H22N2O5/c1-3-29-22(25)14-7-9-18-17(11-14)15-5-4-6-16(15)21(23-18)13-8-10-20(28-2)19(12-13)24(26)27/h4-5,7-12,15-16,21,23H,3,6H2,1-2H3. The number of nitrogens with zero attached hydrogens (tertiary/aromatic N) is 1. The van der Waals surface area contributed by atoms with Crippen LogP contribution in [-0.2, 0) is 4.74 Å². The van der Waals surface area contributed by atoms with Gasteiger partial charge in [0, 0.05) is 17.7 Å². The Balaban J connectivity index is 1.72. The van der Waals surface area contributed by atoms with Gasteiger partial charge in [-0.05, 0) is 54.7 Å². The van der Waals surface area contributed by atoms with E-state index in [-0.39, 0.29) is 35.3 Å². The predicted octanol–water partition coefficient (Wildman–Crippen LogP) is 4.61. The summed E-state index contributed by atoms with van der Waals surface area (Å²) >= 11 is 0. The highest BCUT2D eigenvalue weighted by molar-refractivity contribution is 5.90. The minimum atomic E-state index is -0.422. The maximum absolute atomic E-state index is 12.1. The number of anilines is 1. The second-order valence-electron chi connectivity index (χ2n) is 7.19. The monoisotopic (exact) mass is 394 g/mol. The van der Waals surface area contributed by atoms with Gasteiger partial charge in [-0.1, -0.05) is 18.2 Å². The number of carbonyl (C=O) groups excluding carboxylic acids is 1. The van der Waals surface area contributed by atoms with Crippen LogP contribution in [0.25, 0.3) is 0 Å². The molecule has 3 atom stereocenters. The number of fused-ring (bicyclic) bond motifs is 3. The third kappa shape index (κ3) is 3.33. The molecule has 1 aliphatic carbocycles. The lowest BCUT2D eigenvalue weighted by molar-refractivity contribution is -0.385. The molecule has 7 nitrogen and oxygen atoms in total. The molecule has 0 bridgehead atoms. The number of methoxy groups -OCH3 is 1. The fourth-order valence-corrected chi connectivity index (χ4v) is 4.31. The number of esters is 1. The lowest BCUT2D eigenvalue weighted by Crippen LogP contribution is -2.29. The fraction of sp³-hybridized carbons (Fsp3) is 0.318. The lowest BCUT2D eigenvalue weighted by Gasteiger charge is -2.37. The van der Waals surface area contributed by atoms with Crippen molar-refractivity contribution in [1.29, 1.82) is 0 Å². The number of nitro groups is 1. The highest BCUT2D eigenvalue weighted by atomic mass is 16.6. The number of benzene rings is 2. The summed E-state index contributed by atoms with van der Waals surface area (Å²) in [7, 11) is 1.43. The minimum absolute atomic E-state index is 0.0437. The topological polar surface area (TPSA) is 90.7 Å². The zero-order chi connectivity index (χ0) is 20.5. The van der Waals surface area contributed by atoms with Crippen molar-refractivity contribution in [3.8, 4) is 5.75 Å². The molecule has 7 heteroatoms. The smallest absolute Gasteiger partial charge is 0.338 e. The molecule has 0 amide bonds. The maximum Gasteiger partial charge on any atom is 0.338 e. The van der Waals surface area contributed by atoms with Crippen LogP contribution in [0.2, 0.25) is 0 Å². The van der Waals surface area contributed by atoms with Crippen LogP contribution in [0.1, 0.15) is 46.8 Å². The van der Waals surface area contributed by atoms with E-state index < -0.39 is 4.92 Å². The lowest BCUT2D eigenvalue weighted by atomic mass is 9.76. The molecular formula is C22H22N2O5. The molecule has 1 N–H and O–H groups in total. The predicted molar refractivity (Wildman–Crippen MR) is 108 cm³/mol. The molecule has 2 aliphatic rings. The van der Waals surface area contributed by atoms with Gasteiger partial charge < -0.3 is 14.8 Å². The van der Waals surface area contributed by atoms with Gasteiger partial charge in [-0.25, -0.2) is 4.79 Å². The molecule has 0 radical (unpaired) electrons. The van der Waals surface area contributed by atoms with Crippen molar-refractivity contribution in [3.63, 3.8) is 0 Å². The number of rotatable bonds is 5. The highest BCUT2D eigenvalue weighted by Gasteiger charge is 2.39. The number of allylic oxidation sites excluding steroid dienone is 2. The third-order valence-corrected chi connectivity index (χ3v) is 5.63. The van der Waals surface area contributed by atoms with Gasteiger partial charge in [0.25, 0.3) is 0 Å². The summed E-state index contributed by atoms with van der Waals surface area (Å²) < 4.78 is 10.3. The molecule has 0 saturated heterocycles. The Kier molecular flexibility index (Phi) is 4.96. The van der Waals surface area contributed by atoms with Crippen LogP contribution >= 0.6 is 0 Å². The Hall–Kier alpha value is -3.35. The molecule has 4 rings (SSSR count). The molecule has 29 heavy (non-hydrogen) atoms. The molecule has 0 spiro atoms. The molecule has 2 aromatic carbocycles. The first-order valence-electron chi connectivity index (χ1n) is 9.60. The first kappa shape index (κ1) is 19.0. The van der Waals surface area contributed by atoms with Gasteiger partial charge >= 0.3 is 11.7 Å². The molecule has 1 heterocycles. The van der Waals surface area contributed by atoms with E-state index in [0.29, 0.717) is 12.2 Å². The van der Waals surface area contributed by atoms with Crippen LogP contribution < -0.4 is 10.1 Å². The van der Waals surface area contributed by atoms with Crippen LogP contribution in [0, 0.1) is 16.0 Å². The second-order valence-corrected chi connectivity index (χ2v) is 7.19. The molecular weight excluding hydrogens is 372 g/mol. The zero-order valence-electron chi connectivity index (χ0n) is 16.3. The SMILES string of the molecule is CCOC(=O)c1ccc2c(c1)C1C=CCC1C(c1ccc(OC)c([N+](=O)[O-])c1)N2. The summed E-state index contributed by atoms with van der Waals surface area (Å²) in [6.45, 7) is 2.12. The molecule has 0 aromatic heterocycles. The van der Waals surface area contributed by atoms with Crippen LogP contribution in [0.3, 0.4) is 0 Å². The number of nitro benzene ring substituents is 1. The van der Waals surface area contributed by atoms with Gasteiger partial charge in [-0.2, -0.15) is 0 Å². The van der Waals surface area contributed by atoms with E-state index in [1.54, 1.807) is 25.1 Å². The number of hydrogen-bond donors (Lipinski definition) is 1. The average molecular weight is 394 g/mol. The largest absolute Gasteiger partial charge is 0.490 e. The normalized spacial score (nSPS) is 21.7. The summed E-state index contributed by atoms with van der Waals surface area (Å²) in [5.41, 5.74) is 3.31. The number of nitrogens with one attached hydrogen (secondary N) is 1. The first-order chi connectivity index (χ1) is 14.0. The highest BCUT2D eigenvalue weighted by Crippen LogP contribution is 2.50. The van der Waals surface area contributed by atoms with Crippen LogP contribution in [0.4, 0.5) is 11.4 Å². The second kappa shape index (κ2) is 7.58. The first-order valence-corrected chi connectivity index (χ1v) is 9.60. The summed E-state index contributed by atoms with van der Waals surface area (Å²) in [6.07, 6.45) is 5.14. The number of carbonyl (C=O) groups is 1. The van der Waals surface area contributed by atoms with Crippen LogP contribution in [0.5, 0.6) is 5.75 Å². The van der Waals surface area contributed by atoms with Gasteiger partial charge in [-0.15, -0.1) is 0 Å². The van der Waals surface area contributed by atoms with Crippen molar-refractivity contribution < 1.29 is 19.2 Å². The van der Waals surface area contributed by atoms with E-state index in [1.165, 1.54) is 7.11 Å². The quantitative estimate of drug-likeness (QED) is 0.345. The minimum Gasteiger partial charge on any atom is -0.490 e. The number of ether oxygens (including phenoxy) is 2. The fourth-order valence-electron chi connectivity index (χ4n) is 4.31. The van der Waals surface area contributed by atoms with Gasteiger partial charge in [0.2, 0.25) is 0 Å². The maximum atomic E-state index is 12.1. The van der Waals surface area contributed by atoms with Crippen molar-refractivity contribution in [2.75, 3.05) is 19.0 Å². The zero-order valence-corrected chi connectivity index (χ0v) is 16.3. The summed E-state index contributed by atoms with van der Waals surface area (Å²) in [5.74, 6) is 0.247. The molecule has 3 unspecified atom stereocenters. The van der Waals surface area contributed by atoms with Gasteiger partial charge in [0.05, 0.1) is 30.2 Å². The van der Waals surface area contributed by atoms with E-state index >= 15 is 0 Å². The molecule has 0 fully saturated rings. The van der Waals surface area contributed by atoms with Gasteiger partial charge in [-0.3, -0.25) is 10.1 Å². The van der Waals surface area contributed by atoms with E-state index in [1.807, 2.05) is 18.2 Å². The van der Waals surface area contributed by atoms with Crippen molar-refractivity contribution in [2.24, 2.45) is 5.92 Å². The molecule has 1 aliphatic heterocycles. The Labute approximate surface area is 168 Å². The van der Waals surface area contributed by atoms with E-state index in [2.05, 4.69) is 17.5 Å². The van der Waals surface area contributed by atoms with Gasteiger partial charge in [0.15, 0.2) is 5.75 Å². The van der Waals surface area contributed by atoms with E-state index in [0.717, 1.165) is 23.2 Å². The summed E-state index contributed by atoms with van der Waals surface area (Å²) in [6, 6.07) is 10.5. The molecule has 150 valence electrons. The van der Waals surface area contributed by atoms with Crippen LogP contribution in [-0.4, -0.2) is 24.6 Å². The van der Waals surface area contributed by atoms with Gasteiger partial charge in [0.1, 0.15) is 0 Å². The van der Waals surface area contributed by atoms with Crippen LogP contribution in [0.15, 0.2) is 48.6 Å². The van der Waals surface area contributed by atoms with E-state index in [4.69, 9.17) is 9.47 Å². The Morgan fingerprint density at radius 1 is 1.28 bits per heavy atom.